The van der Waals surface area contributed by atoms with Crippen molar-refractivity contribution in [3.05, 3.63) is 58.7 Å². The zero-order valence-electron chi connectivity index (χ0n) is 18.9. The van der Waals surface area contributed by atoms with E-state index in [1.807, 2.05) is 11.0 Å². The second kappa shape index (κ2) is 8.03. The number of ketones is 1. The molecule has 4 heterocycles. The second-order valence-electron chi connectivity index (χ2n) is 9.79. The van der Waals surface area contributed by atoms with Gasteiger partial charge in [0.15, 0.2) is 5.78 Å². The molecule has 35 heavy (non-hydrogen) atoms. The molecule has 6 rings (SSSR count). The van der Waals surface area contributed by atoms with Gasteiger partial charge in [-0.2, -0.15) is 13.2 Å². The molecule has 2 aliphatic carbocycles. The van der Waals surface area contributed by atoms with Crippen LogP contribution in [0.2, 0.25) is 0 Å². The van der Waals surface area contributed by atoms with Gasteiger partial charge in [-0.25, -0.2) is 14.6 Å². The number of rotatable bonds is 6. The van der Waals surface area contributed by atoms with E-state index in [1.54, 1.807) is 6.20 Å². The molecule has 3 atom stereocenters. The van der Waals surface area contributed by atoms with Gasteiger partial charge in [-0.1, -0.05) is 5.21 Å². The summed E-state index contributed by atoms with van der Waals surface area (Å²) in [4.78, 5) is 23.2. The number of anilines is 2. The van der Waals surface area contributed by atoms with Gasteiger partial charge >= 0.3 is 6.18 Å². The average Bonchev–Trinajstić information content (AvgIpc) is 3.18. The van der Waals surface area contributed by atoms with Crippen molar-refractivity contribution in [2.75, 3.05) is 23.7 Å². The van der Waals surface area contributed by atoms with Crippen molar-refractivity contribution in [3.8, 4) is 0 Å². The summed E-state index contributed by atoms with van der Waals surface area (Å²) < 4.78 is 42.8. The van der Waals surface area contributed by atoms with Crippen molar-refractivity contribution in [1.82, 2.24) is 25.0 Å². The Morgan fingerprint density at radius 2 is 2.00 bits per heavy atom. The SMILES string of the molecule is Nc1nccc2c1CC[C@H]2CC(=O)c1cn(Cc2cnc(N3CC4CC4C3)cc2C(F)(F)F)nn1. The number of nitrogen functional groups attached to an aromatic ring is 1. The summed E-state index contributed by atoms with van der Waals surface area (Å²) in [6.45, 7) is 1.34. The summed E-state index contributed by atoms with van der Waals surface area (Å²) in [6, 6.07) is 3.01. The van der Waals surface area contributed by atoms with E-state index in [1.165, 1.54) is 17.1 Å². The Morgan fingerprint density at radius 1 is 1.20 bits per heavy atom. The number of hydrogen-bond acceptors (Lipinski definition) is 7. The molecule has 11 heteroatoms. The lowest BCUT2D eigenvalue weighted by Gasteiger charge is -2.21. The topological polar surface area (TPSA) is 103 Å². The van der Waals surface area contributed by atoms with Gasteiger partial charge in [-0.05, 0) is 60.3 Å². The number of fused-ring (bicyclic) bond motifs is 2. The fourth-order valence-corrected chi connectivity index (χ4v) is 5.49. The molecule has 3 aromatic heterocycles. The van der Waals surface area contributed by atoms with Gasteiger partial charge in [0.05, 0.1) is 18.3 Å². The number of alkyl halides is 3. The number of nitrogens with zero attached hydrogens (tertiary/aromatic N) is 6. The Bertz CT molecular complexity index is 1290. The predicted molar refractivity (Wildman–Crippen MR) is 121 cm³/mol. The molecule has 1 saturated carbocycles. The summed E-state index contributed by atoms with van der Waals surface area (Å²) in [5.41, 5.74) is 7.33. The molecular formula is C24H24F3N7O. The Balaban J connectivity index is 1.18. The highest BCUT2D eigenvalue weighted by molar-refractivity contribution is 5.94. The van der Waals surface area contributed by atoms with E-state index in [-0.39, 0.29) is 35.9 Å². The van der Waals surface area contributed by atoms with Gasteiger partial charge in [-0.3, -0.25) is 4.79 Å². The molecule has 1 aliphatic heterocycles. The normalized spacial score (nSPS) is 22.8. The van der Waals surface area contributed by atoms with Gasteiger partial charge in [0.1, 0.15) is 17.3 Å². The van der Waals surface area contributed by atoms with Crippen molar-refractivity contribution in [3.63, 3.8) is 0 Å². The first-order valence-electron chi connectivity index (χ1n) is 11.7. The summed E-state index contributed by atoms with van der Waals surface area (Å²) in [6.07, 6.45) is 2.72. The molecule has 2 N–H and O–H groups in total. The number of carbonyl (C=O) groups excluding carboxylic acids is 1. The minimum absolute atomic E-state index is 0.0119. The van der Waals surface area contributed by atoms with Crippen LogP contribution in [-0.4, -0.2) is 43.8 Å². The van der Waals surface area contributed by atoms with Crippen LogP contribution in [0.15, 0.2) is 30.7 Å². The van der Waals surface area contributed by atoms with Crippen LogP contribution in [0, 0.1) is 11.8 Å². The molecule has 182 valence electrons. The number of Topliss-reactive ketones (excluding diaryl/α,β-unsaturated/α-hetero) is 1. The van der Waals surface area contributed by atoms with Gasteiger partial charge in [0.25, 0.3) is 0 Å². The van der Waals surface area contributed by atoms with Crippen LogP contribution in [0.1, 0.15) is 57.9 Å². The molecule has 0 spiro atoms. The van der Waals surface area contributed by atoms with E-state index in [2.05, 4.69) is 20.3 Å². The molecule has 2 unspecified atom stereocenters. The predicted octanol–water partition coefficient (Wildman–Crippen LogP) is 3.48. The van der Waals surface area contributed by atoms with Crippen molar-refractivity contribution < 1.29 is 18.0 Å². The summed E-state index contributed by atoms with van der Waals surface area (Å²) >= 11 is 0. The number of piperidine rings is 1. The lowest BCUT2D eigenvalue weighted by molar-refractivity contribution is -0.138. The molecule has 0 aromatic carbocycles. The van der Waals surface area contributed by atoms with Gasteiger partial charge < -0.3 is 10.6 Å². The zero-order chi connectivity index (χ0) is 24.3. The van der Waals surface area contributed by atoms with E-state index >= 15 is 0 Å². The van der Waals surface area contributed by atoms with E-state index < -0.39 is 11.7 Å². The highest BCUT2D eigenvalue weighted by Crippen LogP contribution is 2.46. The largest absolute Gasteiger partial charge is 0.416 e. The van der Waals surface area contributed by atoms with Crippen LogP contribution in [0.5, 0.6) is 0 Å². The van der Waals surface area contributed by atoms with E-state index in [0.29, 0.717) is 23.5 Å². The number of hydrogen-bond donors (Lipinski definition) is 1. The van der Waals surface area contributed by atoms with Gasteiger partial charge in [-0.15, -0.1) is 5.10 Å². The maximum atomic E-state index is 13.9. The van der Waals surface area contributed by atoms with Gasteiger partial charge in [0.2, 0.25) is 0 Å². The fourth-order valence-electron chi connectivity index (χ4n) is 5.49. The maximum absolute atomic E-state index is 13.9. The molecule has 2 fully saturated rings. The van der Waals surface area contributed by atoms with Crippen molar-refractivity contribution in [1.29, 1.82) is 0 Å². The lowest BCUT2D eigenvalue weighted by Crippen LogP contribution is -2.24. The fraction of sp³-hybridized carbons (Fsp3) is 0.458. The highest BCUT2D eigenvalue weighted by Gasteiger charge is 2.46. The minimum Gasteiger partial charge on any atom is -0.383 e. The monoisotopic (exact) mass is 483 g/mol. The minimum atomic E-state index is -4.53. The molecule has 3 aliphatic rings. The van der Waals surface area contributed by atoms with Crippen LogP contribution in [0.4, 0.5) is 24.8 Å². The van der Waals surface area contributed by atoms with E-state index in [9.17, 15) is 18.0 Å². The number of carbonyl (C=O) groups is 1. The zero-order valence-corrected chi connectivity index (χ0v) is 18.9. The third kappa shape index (κ3) is 4.12. The third-order valence-corrected chi connectivity index (χ3v) is 7.48. The molecular weight excluding hydrogens is 459 g/mol. The molecule has 0 bridgehead atoms. The highest BCUT2D eigenvalue weighted by atomic mass is 19.4. The number of aromatic nitrogens is 5. The first-order valence-corrected chi connectivity index (χ1v) is 11.7. The van der Waals surface area contributed by atoms with Crippen molar-refractivity contribution in [2.45, 2.75) is 44.3 Å². The quantitative estimate of drug-likeness (QED) is 0.536. The third-order valence-electron chi connectivity index (χ3n) is 7.48. The van der Waals surface area contributed by atoms with Gasteiger partial charge in [0, 0.05) is 37.5 Å². The van der Waals surface area contributed by atoms with E-state index in [4.69, 9.17) is 5.73 Å². The van der Waals surface area contributed by atoms with Crippen molar-refractivity contribution >= 4 is 17.4 Å². The Kier molecular flexibility index (Phi) is 5.05. The smallest absolute Gasteiger partial charge is 0.383 e. The first-order chi connectivity index (χ1) is 16.8. The molecule has 1 saturated heterocycles. The number of pyridine rings is 2. The van der Waals surface area contributed by atoms with Crippen LogP contribution < -0.4 is 10.6 Å². The Hall–Kier alpha value is -3.50. The number of halogens is 3. The Labute approximate surface area is 199 Å². The molecule has 8 nitrogen and oxygen atoms in total. The van der Waals surface area contributed by atoms with Crippen LogP contribution >= 0.6 is 0 Å². The average molecular weight is 483 g/mol. The summed E-state index contributed by atoms with van der Waals surface area (Å²) in [5, 5.41) is 7.84. The van der Waals surface area contributed by atoms with Crippen LogP contribution in [0.25, 0.3) is 0 Å². The molecule has 3 aromatic rings. The van der Waals surface area contributed by atoms with Crippen LogP contribution in [-0.2, 0) is 19.1 Å². The maximum Gasteiger partial charge on any atom is 0.416 e. The summed E-state index contributed by atoms with van der Waals surface area (Å²) in [5.74, 6) is 1.83. The first kappa shape index (κ1) is 22.0. The summed E-state index contributed by atoms with van der Waals surface area (Å²) in [7, 11) is 0. The standard InChI is InChI=1S/C24H24F3N7O/c25-24(26,27)19-7-22(33-9-14-5-15(14)10-33)30-8-16(19)11-34-12-20(31-32-34)21(35)6-13-1-2-18-17(13)3-4-29-23(18)28/h3-4,7-8,12-15H,1-2,5-6,9-11H2,(H2,28,29)/t13-,14?,15?/m0/s1. The molecule has 0 amide bonds. The van der Waals surface area contributed by atoms with E-state index in [0.717, 1.165) is 49.5 Å². The van der Waals surface area contributed by atoms with Crippen LogP contribution in [0.3, 0.4) is 0 Å². The number of nitrogens with two attached hydrogens (primary N) is 1. The second-order valence-corrected chi connectivity index (χ2v) is 9.79. The Morgan fingerprint density at radius 3 is 2.77 bits per heavy atom. The lowest BCUT2D eigenvalue weighted by atomic mass is 9.95. The van der Waals surface area contributed by atoms with Crippen molar-refractivity contribution in [2.24, 2.45) is 11.8 Å². The molecule has 0 radical (unpaired) electrons.